The largest absolute Gasteiger partial charge is 0.458 e. The van der Waals surface area contributed by atoms with Gasteiger partial charge < -0.3 is 4.74 Å². The Balaban J connectivity index is 1.71. The van der Waals surface area contributed by atoms with Crippen molar-refractivity contribution >= 4 is 5.97 Å². The monoisotopic (exact) mass is 315 g/mol. The van der Waals surface area contributed by atoms with Gasteiger partial charge in [-0.15, -0.1) is 0 Å². The van der Waals surface area contributed by atoms with E-state index in [-0.39, 0.29) is 5.92 Å². The number of piperidine rings is 2. The lowest BCUT2D eigenvalue weighted by atomic mass is 9.61. The van der Waals surface area contributed by atoms with Crippen molar-refractivity contribution in [2.75, 3.05) is 13.1 Å². The molecule has 1 aliphatic carbocycles. The van der Waals surface area contributed by atoms with Crippen LogP contribution in [0.5, 0.6) is 0 Å². The summed E-state index contributed by atoms with van der Waals surface area (Å²) in [6.07, 6.45) is 0.0910. The van der Waals surface area contributed by atoms with Crippen molar-refractivity contribution in [1.82, 2.24) is 4.90 Å². The first-order valence-electron chi connectivity index (χ1n) is 8.18. The lowest BCUT2D eigenvalue weighted by molar-refractivity contribution is -0.176. The fourth-order valence-electron chi connectivity index (χ4n) is 5.30. The van der Waals surface area contributed by atoms with Crippen LogP contribution in [0.1, 0.15) is 32.1 Å². The molecule has 4 rings (SSSR count). The fraction of sp³-hybridized carbons (Fsp3) is 0.812. The van der Waals surface area contributed by atoms with E-state index in [0.717, 1.165) is 38.8 Å². The van der Waals surface area contributed by atoms with Gasteiger partial charge in [-0.05, 0) is 51.1 Å². The average molecular weight is 315 g/mol. The first-order valence-corrected chi connectivity index (χ1v) is 8.18. The number of halogens is 3. The third-order valence-corrected chi connectivity index (χ3v) is 5.97. The van der Waals surface area contributed by atoms with Crippen LogP contribution in [0.3, 0.4) is 0 Å². The number of hydrogen-bond donors (Lipinski definition) is 0. The van der Waals surface area contributed by atoms with Gasteiger partial charge in [-0.1, -0.05) is 0 Å². The molecule has 22 heavy (non-hydrogen) atoms. The molecule has 1 saturated carbocycles. The van der Waals surface area contributed by atoms with Crippen LogP contribution in [-0.4, -0.2) is 42.3 Å². The Morgan fingerprint density at radius 3 is 2.64 bits per heavy atom. The Morgan fingerprint density at radius 2 is 1.91 bits per heavy atom. The molecule has 4 aliphatic rings. The minimum Gasteiger partial charge on any atom is -0.458 e. The number of alkyl halides is 3. The van der Waals surface area contributed by atoms with Crippen molar-refractivity contribution in [3.8, 4) is 0 Å². The van der Waals surface area contributed by atoms with Crippen LogP contribution in [0.2, 0.25) is 0 Å². The molecule has 0 aromatic heterocycles. The van der Waals surface area contributed by atoms with Gasteiger partial charge in [0.25, 0.3) is 0 Å². The topological polar surface area (TPSA) is 29.5 Å². The van der Waals surface area contributed by atoms with Gasteiger partial charge in [-0.3, -0.25) is 4.90 Å². The summed E-state index contributed by atoms with van der Waals surface area (Å²) >= 11 is 0. The van der Waals surface area contributed by atoms with E-state index in [2.05, 4.69) is 4.90 Å². The molecule has 0 aromatic rings. The van der Waals surface area contributed by atoms with E-state index in [0.29, 0.717) is 24.5 Å². The predicted molar refractivity (Wildman–Crippen MR) is 72.9 cm³/mol. The second kappa shape index (κ2) is 4.98. The van der Waals surface area contributed by atoms with E-state index in [1.807, 2.05) is 0 Å². The van der Waals surface area contributed by atoms with Crippen molar-refractivity contribution in [2.45, 2.75) is 50.4 Å². The number of carbonyl (C=O) groups excluding carboxylic acids is 1. The molecule has 5 unspecified atom stereocenters. The number of fused-ring (bicyclic) bond motifs is 2. The van der Waals surface area contributed by atoms with Crippen LogP contribution >= 0.6 is 0 Å². The summed E-state index contributed by atoms with van der Waals surface area (Å²) in [6, 6.07) is 0.309. The third kappa shape index (κ3) is 2.18. The Morgan fingerprint density at radius 1 is 1.18 bits per heavy atom. The zero-order valence-electron chi connectivity index (χ0n) is 12.3. The molecule has 3 aliphatic heterocycles. The van der Waals surface area contributed by atoms with Gasteiger partial charge in [-0.25, -0.2) is 4.79 Å². The van der Waals surface area contributed by atoms with Gasteiger partial charge in [0.1, 0.15) is 6.10 Å². The van der Waals surface area contributed by atoms with Crippen molar-refractivity contribution in [3.05, 3.63) is 11.6 Å². The van der Waals surface area contributed by atoms with Crippen LogP contribution in [0.4, 0.5) is 13.2 Å². The van der Waals surface area contributed by atoms with Gasteiger partial charge in [0.15, 0.2) is 0 Å². The number of ether oxygens (including phenoxy) is 1. The Kier molecular flexibility index (Phi) is 3.29. The van der Waals surface area contributed by atoms with Gasteiger partial charge >= 0.3 is 12.1 Å². The minimum atomic E-state index is -4.43. The van der Waals surface area contributed by atoms with Crippen LogP contribution in [-0.2, 0) is 9.53 Å². The summed E-state index contributed by atoms with van der Waals surface area (Å²) < 4.78 is 45.4. The first-order chi connectivity index (χ1) is 10.4. The maximum absolute atomic E-state index is 13.3. The Bertz CT molecular complexity index is 514. The predicted octanol–water partition coefficient (Wildman–Crippen LogP) is 2.91. The molecular formula is C16H20F3NO2. The van der Waals surface area contributed by atoms with Gasteiger partial charge in [0.2, 0.25) is 0 Å². The molecule has 3 nitrogen and oxygen atoms in total. The van der Waals surface area contributed by atoms with Crippen LogP contribution < -0.4 is 0 Å². The first kappa shape index (κ1) is 14.5. The van der Waals surface area contributed by atoms with Gasteiger partial charge in [0.05, 0.1) is 0 Å². The zero-order valence-corrected chi connectivity index (χ0v) is 12.3. The number of carbonyl (C=O) groups is 1. The second-order valence-electron chi connectivity index (χ2n) is 7.08. The van der Waals surface area contributed by atoms with Crippen molar-refractivity contribution < 1.29 is 22.7 Å². The highest BCUT2D eigenvalue weighted by molar-refractivity contribution is 5.84. The molecule has 6 heteroatoms. The molecule has 3 heterocycles. The molecule has 0 radical (unpaired) electrons. The lowest BCUT2D eigenvalue weighted by Crippen LogP contribution is -2.62. The van der Waals surface area contributed by atoms with E-state index in [1.165, 1.54) is 0 Å². The lowest BCUT2D eigenvalue weighted by Gasteiger charge is -2.56. The summed E-state index contributed by atoms with van der Waals surface area (Å²) in [4.78, 5) is 14.1. The van der Waals surface area contributed by atoms with Crippen LogP contribution in [0, 0.1) is 17.8 Å². The fourth-order valence-corrected chi connectivity index (χ4v) is 5.30. The number of rotatable bonds is 0. The van der Waals surface area contributed by atoms with Crippen molar-refractivity contribution in [3.63, 3.8) is 0 Å². The van der Waals surface area contributed by atoms with E-state index in [9.17, 15) is 18.0 Å². The number of esters is 1. The molecule has 5 atom stereocenters. The summed E-state index contributed by atoms with van der Waals surface area (Å²) in [5.74, 6) is -1.11. The van der Waals surface area contributed by atoms with E-state index < -0.39 is 29.7 Å². The molecule has 0 bridgehead atoms. The second-order valence-corrected chi connectivity index (χ2v) is 7.08. The highest BCUT2D eigenvalue weighted by Gasteiger charge is 2.56. The van der Waals surface area contributed by atoms with Gasteiger partial charge in [0, 0.05) is 29.5 Å². The van der Waals surface area contributed by atoms with Gasteiger partial charge in [-0.2, -0.15) is 13.2 Å². The Labute approximate surface area is 127 Å². The SMILES string of the molecule is O=C1C=C(C(F)(F)F)C2CC3CCCN4CCCC(C2O1)C34. The summed E-state index contributed by atoms with van der Waals surface area (Å²) in [7, 11) is 0. The summed E-state index contributed by atoms with van der Waals surface area (Å²) in [5, 5.41) is 0. The molecule has 0 aromatic carbocycles. The third-order valence-electron chi connectivity index (χ3n) is 5.97. The highest BCUT2D eigenvalue weighted by atomic mass is 19.4. The molecular weight excluding hydrogens is 295 g/mol. The van der Waals surface area contributed by atoms with Crippen LogP contribution in [0.15, 0.2) is 11.6 Å². The van der Waals surface area contributed by atoms with Crippen molar-refractivity contribution in [2.24, 2.45) is 17.8 Å². The smallest absolute Gasteiger partial charge is 0.413 e. The quantitative estimate of drug-likeness (QED) is 0.644. The number of nitrogens with zero attached hydrogens (tertiary/aromatic N) is 1. The molecule has 0 amide bonds. The summed E-state index contributed by atoms with van der Waals surface area (Å²) in [6.45, 7) is 2.07. The molecule has 0 spiro atoms. The van der Waals surface area contributed by atoms with E-state index in [4.69, 9.17) is 4.74 Å². The highest BCUT2D eigenvalue weighted by Crippen LogP contribution is 2.52. The number of hydrogen-bond acceptors (Lipinski definition) is 3. The van der Waals surface area contributed by atoms with E-state index in [1.54, 1.807) is 0 Å². The van der Waals surface area contributed by atoms with E-state index >= 15 is 0 Å². The standard InChI is InChI=1S/C16H20F3NO2/c17-16(18,19)12-8-13(21)22-15-10-4-2-6-20-5-1-3-9(14(10)20)7-11(12)15/h8-11,14-15H,1-7H2. The minimum absolute atomic E-state index is 0.0628. The molecule has 0 N–H and O–H groups in total. The zero-order chi connectivity index (χ0) is 15.5. The summed E-state index contributed by atoms with van der Waals surface area (Å²) in [5.41, 5.74) is -0.658. The average Bonchev–Trinajstić information content (AvgIpc) is 2.47. The molecule has 2 saturated heterocycles. The normalized spacial score (nSPS) is 42.0. The molecule has 122 valence electrons. The maximum Gasteiger partial charge on any atom is 0.413 e. The maximum atomic E-state index is 13.3. The Hall–Kier alpha value is -1.04. The molecule has 3 fully saturated rings. The van der Waals surface area contributed by atoms with Crippen molar-refractivity contribution in [1.29, 1.82) is 0 Å². The van der Waals surface area contributed by atoms with Crippen LogP contribution in [0.25, 0.3) is 0 Å².